The largest absolute Gasteiger partial charge is 0.397 e. The number of hydrogen-bond donors (Lipinski definition) is 3. The van der Waals surface area contributed by atoms with Crippen LogP contribution in [0.5, 0.6) is 0 Å². The van der Waals surface area contributed by atoms with Gasteiger partial charge in [-0.2, -0.15) is 0 Å². The lowest BCUT2D eigenvalue weighted by Gasteiger charge is -2.14. The minimum Gasteiger partial charge on any atom is -0.397 e. The van der Waals surface area contributed by atoms with E-state index in [-0.39, 0.29) is 11.9 Å². The van der Waals surface area contributed by atoms with Gasteiger partial charge in [0.25, 0.3) is 0 Å². The van der Waals surface area contributed by atoms with E-state index in [1.807, 2.05) is 0 Å². The van der Waals surface area contributed by atoms with Crippen LogP contribution in [0, 0.1) is 0 Å². The Hall–Kier alpha value is -1.78. The van der Waals surface area contributed by atoms with Gasteiger partial charge >= 0.3 is 0 Å². The number of hydrogen-bond acceptors (Lipinski definition) is 4. The van der Waals surface area contributed by atoms with Crippen LogP contribution in [0.2, 0.25) is 0 Å². The van der Waals surface area contributed by atoms with E-state index in [2.05, 4.69) is 15.6 Å². The van der Waals surface area contributed by atoms with Crippen LogP contribution < -0.4 is 16.4 Å². The van der Waals surface area contributed by atoms with Gasteiger partial charge in [-0.15, -0.1) is 0 Å². The summed E-state index contributed by atoms with van der Waals surface area (Å²) >= 11 is 0. The Morgan fingerprint density at radius 2 is 2.36 bits per heavy atom. The van der Waals surface area contributed by atoms with E-state index in [9.17, 15) is 4.79 Å². The number of carbonyl (C=O) groups is 1. The summed E-state index contributed by atoms with van der Waals surface area (Å²) in [5.74, 6) is -0.0896. The van der Waals surface area contributed by atoms with Gasteiger partial charge in [-0.05, 0) is 13.0 Å². The smallest absolute Gasteiger partial charge is 0.241 e. The Morgan fingerprint density at radius 1 is 1.64 bits per heavy atom. The summed E-state index contributed by atoms with van der Waals surface area (Å²) in [7, 11) is 1.59. The molecule has 0 radical (unpaired) electrons. The highest BCUT2D eigenvalue weighted by Crippen LogP contribution is 2.15. The first-order chi connectivity index (χ1) is 6.65. The van der Waals surface area contributed by atoms with E-state index in [1.54, 1.807) is 32.4 Å². The average molecular weight is 194 g/mol. The van der Waals surface area contributed by atoms with Crippen molar-refractivity contribution in [2.24, 2.45) is 0 Å². The fourth-order valence-electron chi connectivity index (χ4n) is 1.04. The number of rotatable bonds is 3. The average Bonchev–Trinajstić information content (AvgIpc) is 2.20. The van der Waals surface area contributed by atoms with Crippen molar-refractivity contribution in [1.82, 2.24) is 10.3 Å². The van der Waals surface area contributed by atoms with Gasteiger partial charge in [0.15, 0.2) is 0 Å². The molecule has 1 aromatic heterocycles. The van der Waals surface area contributed by atoms with E-state index in [0.717, 1.165) is 0 Å². The number of pyridine rings is 1. The lowest BCUT2D eigenvalue weighted by molar-refractivity contribution is -0.121. The molecular formula is C9H14N4O. The van der Waals surface area contributed by atoms with Crippen molar-refractivity contribution in [3.8, 4) is 0 Å². The summed E-state index contributed by atoms with van der Waals surface area (Å²) < 4.78 is 0. The van der Waals surface area contributed by atoms with Crippen LogP contribution in [-0.4, -0.2) is 24.0 Å². The van der Waals surface area contributed by atoms with Crippen LogP contribution in [-0.2, 0) is 4.79 Å². The maximum atomic E-state index is 11.2. The Morgan fingerprint density at radius 3 is 2.93 bits per heavy atom. The van der Waals surface area contributed by atoms with Crippen molar-refractivity contribution >= 4 is 17.3 Å². The van der Waals surface area contributed by atoms with Crippen LogP contribution >= 0.6 is 0 Å². The van der Waals surface area contributed by atoms with Crippen LogP contribution in [0.4, 0.5) is 11.4 Å². The van der Waals surface area contributed by atoms with Crippen molar-refractivity contribution in [2.75, 3.05) is 18.1 Å². The molecule has 0 bridgehead atoms. The van der Waals surface area contributed by atoms with Crippen molar-refractivity contribution in [2.45, 2.75) is 13.0 Å². The molecule has 0 spiro atoms. The minimum atomic E-state index is -0.327. The van der Waals surface area contributed by atoms with E-state index < -0.39 is 0 Å². The lowest BCUT2D eigenvalue weighted by atomic mass is 10.2. The molecule has 1 rings (SSSR count). The first-order valence-corrected chi connectivity index (χ1v) is 4.32. The number of nitrogens with zero attached hydrogens (tertiary/aromatic N) is 1. The summed E-state index contributed by atoms with van der Waals surface area (Å²) in [6.07, 6.45) is 3.19. The first kappa shape index (κ1) is 10.3. The van der Waals surface area contributed by atoms with E-state index >= 15 is 0 Å². The number of anilines is 2. The molecule has 0 saturated carbocycles. The standard InChI is InChI=1S/C9H14N4O/c1-6(9(14)11-2)13-8-5-12-4-3-7(8)10/h3-6,13H,1-2H3,(H2,10,12)(H,11,14). The molecule has 5 nitrogen and oxygen atoms in total. The molecule has 0 saturated heterocycles. The zero-order valence-electron chi connectivity index (χ0n) is 8.24. The maximum Gasteiger partial charge on any atom is 0.241 e. The predicted molar refractivity (Wildman–Crippen MR) is 55.8 cm³/mol. The fourth-order valence-corrected chi connectivity index (χ4v) is 1.04. The molecule has 0 aliphatic rings. The molecule has 0 fully saturated rings. The molecule has 1 heterocycles. The summed E-state index contributed by atoms with van der Waals surface area (Å²) in [5, 5.41) is 5.50. The Kier molecular flexibility index (Phi) is 3.28. The molecule has 14 heavy (non-hydrogen) atoms. The maximum absolute atomic E-state index is 11.2. The third-order valence-electron chi connectivity index (χ3n) is 1.87. The predicted octanol–water partition coefficient (Wildman–Crippen LogP) is 0.210. The third kappa shape index (κ3) is 2.35. The van der Waals surface area contributed by atoms with Gasteiger partial charge in [-0.25, -0.2) is 0 Å². The van der Waals surface area contributed by atoms with Crippen molar-refractivity contribution in [1.29, 1.82) is 0 Å². The van der Waals surface area contributed by atoms with Gasteiger partial charge in [0.1, 0.15) is 6.04 Å². The minimum absolute atomic E-state index is 0.0896. The van der Waals surface area contributed by atoms with Crippen LogP contribution in [0.15, 0.2) is 18.5 Å². The second kappa shape index (κ2) is 4.45. The van der Waals surface area contributed by atoms with Gasteiger partial charge in [0.05, 0.1) is 17.6 Å². The second-order valence-electron chi connectivity index (χ2n) is 2.94. The van der Waals surface area contributed by atoms with E-state index in [1.165, 1.54) is 0 Å². The fraction of sp³-hybridized carbons (Fsp3) is 0.333. The first-order valence-electron chi connectivity index (χ1n) is 4.32. The monoisotopic (exact) mass is 194 g/mol. The molecular weight excluding hydrogens is 180 g/mol. The van der Waals surface area contributed by atoms with Crippen molar-refractivity contribution < 1.29 is 4.79 Å². The van der Waals surface area contributed by atoms with Gasteiger partial charge < -0.3 is 16.4 Å². The molecule has 1 unspecified atom stereocenters. The molecule has 1 aromatic rings. The molecule has 0 aliphatic carbocycles. The zero-order valence-corrected chi connectivity index (χ0v) is 8.24. The second-order valence-corrected chi connectivity index (χ2v) is 2.94. The third-order valence-corrected chi connectivity index (χ3v) is 1.87. The summed E-state index contributed by atoms with van der Waals surface area (Å²) in [6, 6.07) is 1.35. The van der Waals surface area contributed by atoms with Crippen LogP contribution in [0.25, 0.3) is 0 Å². The number of likely N-dealkylation sites (N-methyl/N-ethyl adjacent to an activating group) is 1. The molecule has 1 atom stereocenters. The quantitative estimate of drug-likeness (QED) is 0.642. The highest BCUT2D eigenvalue weighted by Gasteiger charge is 2.11. The van der Waals surface area contributed by atoms with E-state index in [0.29, 0.717) is 11.4 Å². The Labute approximate surface area is 82.7 Å². The molecule has 5 heteroatoms. The number of nitrogens with two attached hydrogens (primary N) is 1. The van der Waals surface area contributed by atoms with Crippen LogP contribution in [0.1, 0.15) is 6.92 Å². The van der Waals surface area contributed by atoms with Gasteiger partial charge in [0.2, 0.25) is 5.91 Å². The Balaban J connectivity index is 2.69. The van der Waals surface area contributed by atoms with E-state index in [4.69, 9.17) is 5.73 Å². The van der Waals surface area contributed by atoms with Gasteiger partial charge in [-0.3, -0.25) is 9.78 Å². The molecule has 4 N–H and O–H groups in total. The Bertz CT molecular complexity index is 326. The number of nitrogen functional groups attached to an aromatic ring is 1. The number of aromatic nitrogens is 1. The van der Waals surface area contributed by atoms with Crippen molar-refractivity contribution in [3.63, 3.8) is 0 Å². The number of nitrogens with one attached hydrogen (secondary N) is 2. The number of amides is 1. The topological polar surface area (TPSA) is 80.0 Å². The molecule has 1 amide bonds. The lowest BCUT2D eigenvalue weighted by Crippen LogP contribution is -2.35. The summed E-state index contributed by atoms with van der Waals surface area (Å²) in [6.45, 7) is 1.76. The SMILES string of the molecule is CNC(=O)C(C)Nc1cnccc1N. The highest BCUT2D eigenvalue weighted by atomic mass is 16.2. The van der Waals surface area contributed by atoms with Crippen molar-refractivity contribution in [3.05, 3.63) is 18.5 Å². The zero-order chi connectivity index (χ0) is 10.6. The van der Waals surface area contributed by atoms with Gasteiger partial charge in [0, 0.05) is 13.2 Å². The highest BCUT2D eigenvalue weighted by molar-refractivity contribution is 5.84. The molecule has 0 aromatic carbocycles. The molecule has 76 valence electrons. The number of carbonyl (C=O) groups excluding carboxylic acids is 1. The summed E-state index contributed by atoms with van der Waals surface area (Å²) in [5.41, 5.74) is 6.93. The normalized spacial score (nSPS) is 11.9. The molecule has 0 aliphatic heterocycles. The van der Waals surface area contributed by atoms with Crippen LogP contribution in [0.3, 0.4) is 0 Å². The summed E-state index contributed by atoms with van der Waals surface area (Å²) in [4.78, 5) is 15.1. The van der Waals surface area contributed by atoms with Gasteiger partial charge in [-0.1, -0.05) is 0 Å².